The van der Waals surface area contributed by atoms with E-state index in [-0.39, 0.29) is 24.3 Å². The summed E-state index contributed by atoms with van der Waals surface area (Å²) in [7, 11) is 0. The van der Waals surface area contributed by atoms with Crippen molar-refractivity contribution in [2.45, 2.75) is 57.5 Å². The molecule has 0 saturated heterocycles. The lowest BCUT2D eigenvalue weighted by molar-refractivity contribution is -0.137. The zero-order chi connectivity index (χ0) is 17.4. The molecule has 1 fully saturated rings. The largest absolute Gasteiger partial charge is 0.481 e. The van der Waals surface area contributed by atoms with Gasteiger partial charge in [0, 0.05) is 25.6 Å². The Balaban J connectivity index is 1.97. The van der Waals surface area contributed by atoms with Gasteiger partial charge in [-0.1, -0.05) is 31.4 Å². The van der Waals surface area contributed by atoms with Gasteiger partial charge < -0.3 is 15.3 Å². The van der Waals surface area contributed by atoms with Crippen LogP contribution in [0.1, 0.15) is 50.5 Å². The first kappa shape index (κ1) is 18.2. The normalized spacial score (nSPS) is 15.0. The van der Waals surface area contributed by atoms with Gasteiger partial charge >= 0.3 is 12.0 Å². The molecule has 2 amide bonds. The standard InChI is InChI=1S/C18H25FN2O3/c19-15-10-8-14(9-11-15)13-21(16-5-2-1-3-6-16)18(24)20-12-4-7-17(22)23/h8-11,16H,1-7,12-13H2,(H,20,24)(H,22,23). The Morgan fingerprint density at radius 3 is 2.46 bits per heavy atom. The summed E-state index contributed by atoms with van der Waals surface area (Å²) < 4.78 is 13.1. The zero-order valence-corrected chi connectivity index (χ0v) is 13.8. The van der Waals surface area contributed by atoms with E-state index in [0.29, 0.717) is 19.5 Å². The van der Waals surface area contributed by atoms with Gasteiger partial charge in [0.1, 0.15) is 5.82 Å². The van der Waals surface area contributed by atoms with E-state index in [0.717, 1.165) is 31.2 Å². The van der Waals surface area contributed by atoms with Crippen LogP contribution in [-0.2, 0) is 11.3 Å². The smallest absolute Gasteiger partial charge is 0.317 e. The van der Waals surface area contributed by atoms with Gasteiger partial charge in [-0.25, -0.2) is 9.18 Å². The van der Waals surface area contributed by atoms with E-state index >= 15 is 0 Å². The number of carbonyl (C=O) groups is 2. The van der Waals surface area contributed by atoms with E-state index in [1.807, 2.05) is 4.90 Å². The monoisotopic (exact) mass is 336 g/mol. The number of hydrogen-bond donors (Lipinski definition) is 2. The van der Waals surface area contributed by atoms with E-state index in [9.17, 15) is 14.0 Å². The molecule has 0 heterocycles. The van der Waals surface area contributed by atoms with E-state index in [2.05, 4.69) is 5.32 Å². The van der Waals surface area contributed by atoms with Gasteiger partial charge in [0.25, 0.3) is 0 Å². The van der Waals surface area contributed by atoms with Crippen molar-refractivity contribution in [1.82, 2.24) is 10.2 Å². The third-order valence-electron chi connectivity index (χ3n) is 4.39. The van der Waals surface area contributed by atoms with Crippen LogP contribution in [0.5, 0.6) is 0 Å². The van der Waals surface area contributed by atoms with Crippen molar-refractivity contribution in [2.24, 2.45) is 0 Å². The van der Waals surface area contributed by atoms with Crippen molar-refractivity contribution < 1.29 is 19.1 Å². The average molecular weight is 336 g/mol. The van der Waals surface area contributed by atoms with Crippen molar-refractivity contribution in [1.29, 1.82) is 0 Å². The fraction of sp³-hybridized carbons (Fsp3) is 0.556. The number of amides is 2. The number of rotatable bonds is 7. The van der Waals surface area contributed by atoms with E-state index in [1.165, 1.54) is 18.6 Å². The van der Waals surface area contributed by atoms with Crippen molar-refractivity contribution in [3.63, 3.8) is 0 Å². The highest BCUT2D eigenvalue weighted by Crippen LogP contribution is 2.24. The maximum absolute atomic E-state index is 13.1. The molecule has 2 rings (SSSR count). The topological polar surface area (TPSA) is 69.6 Å². The van der Waals surface area contributed by atoms with Crippen LogP contribution in [0.4, 0.5) is 9.18 Å². The molecule has 5 nitrogen and oxygen atoms in total. The summed E-state index contributed by atoms with van der Waals surface area (Å²) in [6, 6.07) is 6.21. The predicted molar refractivity (Wildman–Crippen MR) is 89.1 cm³/mol. The molecule has 0 aromatic heterocycles. The van der Waals surface area contributed by atoms with Crippen LogP contribution in [0.15, 0.2) is 24.3 Å². The quantitative estimate of drug-likeness (QED) is 0.748. The zero-order valence-electron chi connectivity index (χ0n) is 13.8. The summed E-state index contributed by atoms with van der Waals surface area (Å²) in [5.41, 5.74) is 0.891. The number of hydrogen-bond acceptors (Lipinski definition) is 2. The second kappa shape index (κ2) is 9.25. The van der Waals surface area contributed by atoms with Crippen LogP contribution < -0.4 is 5.32 Å². The minimum Gasteiger partial charge on any atom is -0.481 e. The molecule has 2 N–H and O–H groups in total. The Hall–Kier alpha value is -2.11. The number of nitrogens with zero attached hydrogens (tertiary/aromatic N) is 1. The lowest BCUT2D eigenvalue weighted by Crippen LogP contribution is -2.46. The molecule has 1 aromatic rings. The predicted octanol–water partition coefficient (Wildman–Crippen LogP) is 3.53. The molecular formula is C18H25FN2O3. The number of nitrogens with one attached hydrogen (secondary N) is 1. The molecule has 0 aliphatic heterocycles. The third kappa shape index (κ3) is 5.83. The van der Waals surface area contributed by atoms with Gasteiger partial charge in [-0.3, -0.25) is 4.79 Å². The average Bonchev–Trinajstić information content (AvgIpc) is 2.58. The highest BCUT2D eigenvalue weighted by atomic mass is 19.1. The van der Waals surface area contributed by atoms with E-state index in [4.69, 9.17) is 5.11 Å². The van der Waals surface area contributed by atoms with Crippen molar-refractivity contribution in [2.75, 3.05) is 6.54 Å². The van der Waals surface area contributed by atoms with Crippen LogP contribution in [0.2, 0.25) is 0 Å². The summed E-state index contributed by atoms with van der Waals surface area (Å²) in [6.45, 7) is 0.785. The molecule has 0 bridgehead atoms. The van der Waals surface area contributed by atoms with Gasteiger partial charge in [0.15, 0.2) is 0 Å². The fourth-order valence-corrected chi connectivity index (χ4v) is 3.08. The first-order chi connectivity index (χ1) is 11.6. The number of carbonyl (C=O) groups excluding carboxylic acids is 1. The number of benzene rings is 1. The first-order valence-electron chi connectivity index (χ1n) is 8.57. The van der Waals surface area contributed by atoms with E-state index < -0.39 is 5.97 Å². The number of carboxylic acids is 1. The molecule has 1 aromatic carbocycles. The summed E-state index contributed by atoms with van der Waals surface area (Å²) >= 11 is 0. The first-order valence-corrected chi connectivity index (χ1v) is 8.57. The maximum atomic E-state index is 13.1. The molecule has 1 saturated carbocycles. The SMILES string of the molecule is O=C(O)CCCNC(=O)N(Cc1ccc(F)cc1)C1CCCCC1. The molecule has 1 aliphatic rings. The Bertz CT molecular complexity index is 542. The second-order valence-electron chi connectivity index (χ2n) is 6.28. The Kier molecular flexibility index (Phi) is 7.03. The van der Waals surface area contributed by atoms with Crippen LogP contribution in [0.25, 0.3) is 0 Å². The number of carboxylic acid groups (broad SMARTS) is 1. The summed E-state index contributed by atoms with van der Waals surface area (Å²) in [4.78, 5) is 24.9. The second-order valence-corrected chi connectivity index (χ2v) is 6.28. The maximum Gasteiger partial charge on any atom is 0.317 e. The van der Waals surface area contributed by atoms with Crippen LogP contribution in [0, 0.1) is 5.82 Å². The molecule has 0 atom stereocenters. The highest BCUT2D eigenvalue weighted by molar-refractivity contribution is 5.74. The van der Waals surface area contributed by atoms with Gasteiger partial charge in [0.2, 0.25) is 0 Å². The Labute approximate surface area is 141 Å². The molecule has 1 aliphatic carbocycles. The molecule has 6 heteroatoms. The Morgan fingerprint density at radius 2 is 1.83 bits per heavy atom. The molecular weight excluding hydrogens is 311 g/mol. The third-order valence-corrected chi connectivity index (χ3v) is 4.39. The minimum absolute atomic E-state index is 0.0433. The highest BCUT2D eigenvalue weighted by Gasteiger charge is 2.25. The van der Waals surface area contributed by atoms with Crippen LogP contribution in [-0.4, -0.2) is 34.6 Å². The number of aliphatic carboxylic acids is 1. The van der Waals surface area contributed by atoms with Crippen LogP contribution >= 0.6 is 0 Å². The number of urea groups is 1. The molecule has 24 heavy (non-hydrogen) atoms. The molecule has 0 radical (unpaired) electrons. The van der Waals surface area contributed by atoms with Gasteiger partial charge in [-0.15, -0.1) is 0 Å². The summed E-state index contributed by atoms with van der Waals surface area (Å²) in [5.74, 6) is -1.15. The molecule has 0 unspecified atom stereocenters. The summed E-state index contributed by atoms with van der Waals surface area (Å²) in [5, 5.41) is 11.5. The van der Waals surface area contributed by atoms with Gasteiger partial charge in [0.05, 0.1) is 0 Å². The fourth-order valence-electron chi connectivity index (χ4n) is 3.08. The molecule has 0 spiro atoms. The Morgan fingerprint density at radius 1 is 1.17 bits per heavy atom. The van der Waals surface area contributed by atoms with Gasteiger partial charge in [-0.05, 0) is 37.0 Å². The van der Waals surface area contributed by atoms with E-state index in [1.54, 1.807) is 12.1 Å². The lowest BCUT2D eigenvalue weighted by Gasteiger charge is -2.34. The van der Waals surface area contributed by atoms with Crippen molar-refractivity contribution in [3.05, 3.63) is 35.6 Å². The lowest BCUT2D eigenvalue weighted by atomic mass is 9.94. The minimum atomic E-state index is -0.861. The van der Waals surface area contributed by atoms with Crippen molar-refractivity contribution >= 4 is 12.0 Å². The van der Waals surface area contributed by atoms with Gasteiger partial charge in [-0.2, -0.15) is 0 Å². The van der Waals surface area contributed by atoms with Crippen molar-refractivity contribution in [3.8, 4) is 0 Å². The molecule has 132 valence electrons. The van der Waals surface area contributed by atoms with Crippen LogP contribution in [0.3, 0.4) is 0 Å². The number of halogens is 1. The summed E-state index contributed by atoms with van der Waals surface area (Å²) in [6.07, 6.45) is 5.82.